The van der Waals surface area contributed by atoms with Gasteiger partial charge in [-0.3, -0.25) is 4.79 Å². The zero-order valence-electron chi connectivity index (χ0n) is 19.2. The zero-order chi connectivity index (χ0) is 24.8. The van der Waals surface area contributed by atoms with Gasteiger partial charge in [-0.2, -0.15) is 0 Å². The first-order valence-electron chi connectivity index (χ1n) is 10.3. The van der Waals surface area contributed by atoms with Crippen molar-refractivity contribution in [2.45, 2.75) is 30.8 Å². The van der Waals surface area contributed by atoms with Crippen LogP contribution < -0.4 is 0 Å². The van der Waals surface area contributed by atoms with Crippen molar-refractivity contribution in [2.75, 3.05) is 26.5 Å². The Balaban J connectivity index is 1.68. The molecule has 1 N–H and O–H groups in total. The third-order valence-electron chi connectivity index (χ3n) is 5.22. The molecule has 3 aromatic heterocycles. The molecule has 0 saturated heterocycles. The fourth-order valence-corrected chi connectivity index (χ4v) is 5.37. The van der Waals surface area contributed by atoms with E-state index in [1.54, 1.807) is 31.2 Å². The molecular formula is C21H23N5O6S2. The molecule has 0 fully saturated rings. The first-order chi connectivity index (χ1) is 16.1. The first kappa shape index (κ1) is 24.0. The number of nitrogens with zero attached hydrogens (tertiary/aromatic N) is 4. The van der Waals surface area contributed by atoms with Crippen molar-refractivity contribution >= 4 is 50.5 Å². The number of aromatic nitrogens is 4. The highest BCUT2D eigenvalue weighted by Gasteiger charge is 2.26. The SMILES string of the molecule is CCOC(=O)c1c(C)[nH]c(C)c1C(=O)CSc1nnc2oc3ccc(S(=O)(=O)N(C)C)cc3n12. The molecule has 11 nitrogen and oxygen atoms in total. The number of fused-ring (bicyclic) bond motifs is 3. The van der Waals surface area contributed by atoms with Gasteiger partial charge in [-0.25, -0.2) is 21.9 Å². The van der Waals surface area contributed by atoms with Gasteiger partial charge in [0, 0.05) is 25.5 Å². The van der Waals surface area contributed by atoms with Crippen LogP contribution >= 0.6 is 11.8 Å². The second kappa shape index (κ2) is 8.89. The number of oxazole rings is 1. The van der Waals surface area contributed by atoms with Crippen LogP contribution in [0, 0.1) is 13.8 Å². The van der Waals surface area contributed by atoms with E-state index in [9.17, 15) is 18.0 Å². The van der Waals surface area contributed by atoms with Crippen LogP contribution in [-0.2, 0) is 14.8 Å². The molecule has 0 atom stereocenters. The molecule has 0 aliphatic heterocycles. The van der Waals surface area contributed by atoms with Gasteiger partial charge in [-0.05, 0) is 39.0 Å². The Morgan fingerprint density at radius 3 is 2.56 bits per heavy atom. The average Bonchev–Trinajstić information content (AvgIpc) is 3.42. The van der Waals surface area contributed by atoms with Crippen molar-refractivity contribution in [3.05, 3.63) is 40.7 Å². The number of thioether (sulfide) groups is 1. The molecular weight excluding hydrogens is 482 g/mol. The van der Waals surface area contributed by atoms with Crippen LogP contribution in [0.5, 0.6) is 0 Å². The number of hydrogen-bond donors (Lipinski definition) is 1. The molecule has 3 heterocycles. The van der Waals surface area contributed by atoms with Crippen LogP contribution in [0.1, 0.15) is 39.0 Å². The summed E-state index contributed by atoms with van der Waals surface area (Å²) < 4.78 is 38.6. The number of carbonyl (C=O) groups is 2. The van der Waals surface area contributed by atoms with Gasteiger partial charge in [-0.1, -0.05) is 16.9 Å². The lowest BCUT2D eigenvalue weighted by atomic mass is 10.1. The summed E-state index contributed by atoms with van der Waals surface area (Å²) in [5, 5.41) is 8.43. The average molecular weight is 506 g/mol. The number of rotatable bonds is 8. The molecule has 0 aliphatic rings. The molecule has 180 valence electrons. The molecule has 0 spiro atoms. The van der Waals surface area contributed by atoms with Crippen LogP contribution in [0.15, 0.2) is 32.7 Å². The number of H-pyrrole nitrogens is 1. The lowest BCUT2D eigenvalue weighted by molar-refractivity contribution is 0.0522. The molecule has 0 radical (unpaired) electrons. The highest BCUT2D eigenvalue weighted by molar-refractivity contribution is 7.99. The predicted octanol–water partition coefficient (Wildman–Crippen LogP) is 2.82. The first-order valence-corrected chi connectivity index (χ1v) is 12.7. The minimum atomic E-state index is -3.66. The third kappa shape index (κ3) is 3.99. The molecule has 4 aromatic rings. The van der Waals surface area contributed by atoms with Crippen molar-refractivity contribution < 1.29 is 27.2 Å². The van der Waals surface area contributed by atoms with E-state index in [0.29, 0.717) is 27.6 Å². The van der Waals surface area contributed by atoms with Crippen LogP contribution in [0.4, 0.5) is 0 Å². The van der Waals surface area contributed by atoms with Gasteiger partial charge in [0.2, 0.25) is 10.0 Å². The lowest BCUT2D eigenvalue weighted by Gasteiger charge is -2.10. The van der Waals surface area contributed by atoms with E-state index >= 15 is 0 Å². The molecule has 0 bridgehead atoms. The van der Waals surface area contributed by atoms with Crippen LogP contribution in [0.3, 0.4) is 0 Å². The van der Waals surface area contributed by atoms with E-state index in [-0.39, 0.29) is 40.0 Å². The Morgan fingerprint density at radius 1 is 1.18 bits per heavy atom. The van der Waals surface area contributed by atoms with Gasteiger partial charge in [0.1, 0.15) is 0 Å². The Labute approximate surface area is 199 Å². The van der Waals surface area contributed by atoms with E-state index < -0.39 is 16.0 Å². The van der Waals surface area contributed by atoms with E-state index in [1.807, 2.05) is 0 Å². The van der Waals surface area contributed by atoms with Crippen molar-refractivity contribution in [1.29, 1.82) is 0 Å². The Hall–Kier alpha value is -3.16. The maximum atomic E-state index is 13.1. The van der Waals surface area contributed by atoms with E-state index in [1.165, 1.54) is 26.2 Å². The highest BCUT2D eigenvalue weighted by atomic mass is 32.2. The summed E-state index contributed by atoms with van der Waals surface area (Å²) >= 11 is 1.10. The molecule has 0 aliphatic carbocycles. The fourth-order valence-electron chi connectivity index (χ4n) is 3.64. The molecule has 13 heteroatoms. The Morgan fingerprint density at radius 2 is 1.88 bits per heavy atom. The van der Waals surface area contributed by atoms with Gasteiger partial charge >= 0.3 is 11.8 Å². The number of nitrogens with one attached hydrogen (secondary N) is 1. The monoisotopic (exact) mass is 505 g/mol. The van der Waals surface area contributed by atoms with E-state index in [0.717, 1.165) is 16.1 Å². The van der Waals surface area contributed by atoms with Gasteiger partial charge in [0.15, 0.2) is 16.5 Å². The summed E-state index contributed by atoms with van der Waals surface area (Å²) in [5.41, 5.74) is 2.52. The number of carbonyl (C=O) groups excluding carboxylic acids is 2. The maximum Gasteiger partial charge on any atom is 0.340 e. The maximum absolute atomic E-state index is 13.1. The normalized spacial score (nSPS) is 12.2. The molecule has 0 amide bonds. The summed E-state index contributed by atoms with van der Waals surface area (Å²) in [6.07, 6.45) is 0. The number of aryl methyl sites for hydroxylation is 2. The van der Waals surface area contributed by atoms with E-state index in [2.05, 4.69) is 15.2 Å². The summed E-state index contributed by atoms with van der Waals surface area (Å²) in [7, 11) is -0.764. The number of Topliss-reactive ketones (excluding diaryl/α,β-unsaturated/α-hetero) is 1. The number of ether oxygens (including phenoxy) is 1. The van der Waals surface area contributed by atoms with Gasteiger partial charge in [-0.15, -0.1) is 5.10 Å². The number of esters is 1. The molecule has 0 unspecified atom stereocenters. The lowest BCUT2D eigenvalue weighted by Crippen LogP contribution is -2.22. The fraction of sp³-hybridized carbons (Fsp3) is 0.333. The molecule has 0 saturated carbocycles. The summed E-state index contributed by atoms with van der Waals surface area (Å²) in [5.74, 6) is -0.702. The van der Waals surface area contributed by atoms with E-state index in [4.69, 9.17) is 9.15 Å². The Bertz CT molecular complexity index is 1530. The summed E-state index contributed by atoms with van der Waals surface area (Å²) in [6, 6.07) is 4.49. The minimum Gasteiger partial charge on any atom is -0.462 e. The van der Waals surface area contributed by atoms with Crippen molar-refractivity contribution in [3.8, 4) is 0 Å². The predicted molar refractivity (Wildman–Crippen MR) is 125 cm³/mol. The van der Waals surface area contributed by atoms with Crippen molar-refractivity contribution in [2.24, 2.45) is 0 Å². The number of sulfonamides is 1. The van der Waals surface area contributed by atoms with Crippen LogP contribution in [0.2, 0.25) is 0 Å². The number of aromatic amines is 1. The zero-order valence-corrected chi connectivity index (χ0v) is 20.8. The highest BCUT2D eigenvalue weighted by Crippen LogP contribution is 2.29. The van der Waals surface area contributed by atoms with Crippen molar-refractivity contribution in [1.82, 2.24) is 23.9 Å². The molecule has 34 heavy (non-hydrogen) atoms. The Kier molecular flexibility index (Phi) is 6.27. The number of hydrogen-bond acceptors (Lipinski definition) is 9. The van der Waals surface area contributed by atoms with Gasteiger partial charge in [0.25, 0.3) is 0 Å². The standard InChI is InChI=1S/C21H23N5O6S2/c1-6-31-19(28)18-12(3)22-11(2)17(18)15(27)10-33-21-24-23-20-26(21)14-9-13(7-8-16(14)32-20)34(29,30)25(4)5/h7-9,22H,6,10H2,1-5H3. The number of benzene rings is 1. The van der Waals surface area contributed by atoms with Crippen molar-refractivity contribution in [3.63, 3.8) is 0 Å². The largest absolute Gasteiger partial charge is 0.462 e. The van der Waals surface area contributed by atoms with Crippen LogP contribution in [0.25, 0.3) is 16.9 Å². The second-order valence-corrected chi connectivity index (χ2v) is 10.8. The quantitative estimate of drug-likeness (QED) is 0.217. The summed E-state index contributed by atoms with van der Waals surface area (Å²) in [4.78, 5) is 28.6. The molecule has 4 rings (SSSR count). The van der Waals surface area contributed by atoms with Crippen LogP contribution in [-0.4, -0.2) is 70.5 Å². The smallest absolute Gasteiger partial charge is 0.340 e. The van der Waals surface area contributed by atoms with Gasteiger partial charge < -0.3 is 14.1 Å². The second-order valence-electron chi connectivity index (χ2n) is 7.68. The topological polar surface area (TPSA) is 140 Å². The summed E-state index contributed by atoms with van der Waals surface area (Å²) in [6.45, 7) is 5.33. The molecule has 1 aromatic carbocycles. The minimum absolute atomic E-state index is 0.0340. The number of ketones is 1. The van der Waals surface area contributed by atoms with Gasteiger partial charge in [0.05, 0.1) is 33.9 Å². The third-order valence-corrected chi connectivity index (χ3v) is 7.96.